The van der Waals surface area contributed by atoms with Crippen molar-refractivity contribution >= 4 is 22.2 Å². The number of nitrogens with zero attached hydrogens (tertiary/aromatic N) is 3. The highest BCUT2D eigenvalue weighted by atomic mass is 32.1. The van der Waals surface area contributed by atoms with Gasteiger partial charge in [0, 0.05) is 18.9 Å². The van der Waals surface area contributed by atoms with Gasteiger partial charge < -0.3 is 5.32 Å². The zero-order valence-electron chi connectivity index (χ0n) is 13.7. The van der Waals surface area contributed by atoms with Gasteiger partial charge in [0.1, 0.15) is 5.69 Å². The zero-order valence-corrected chi connectivity index (χ0v) is 14.5. The third-order valence-corrected chi connectivity index (χ3v) is 5.01. The Morgan fingerprint density at radius 3 is 2.77 bits per heavy atom. The molecule has 4 rings (SSSR count). The van der Waals surface area contributed by atoms with E-state index in [0.717, 1.165) is 21.0 Å². The molecule has 5 nitrogen and oxygen atoms in total. The van der Waals surface area contributed by atoms with E-state index in [1.807, 2.05) is 59.1 Å². The summed E-state index contributed by atoms with van der Waals surface area (Å²) >= 11 is 1.48. The van der Waals surface area contributed by atoms with E-state index < -0.39 is 0 Å². The highest BCUT2D eigenvalue weighted by molar-refractivity contribution is 7.20. The fraction of sp³-hybridized carbons (Fsp3) is 0.0500. The maximum atomic E-state index is 12.3. The van der Waals surface area contributed by atoms with Crippen LogP contribution in [0.5, 0.6) is 0 Å². The van der Waals surface area contributed by atoms with Crippen LogP contribution in [0.15, 0.2) is 67.0 Å². The predicted molar refractivity (Wildman–Crippen MR) is 101 cm³/mol. The van der Waals surface area contributed by atoms with Crippen molar-refractivity contribution in [1.29, 1.82) is 5.26 Å². The van der Waals surface area contributed by atoms with Crippen LogP contribution in [0.2, 0.25) is 0 Å². The minimum atomic E-state index is -0.196. The van der Waals surface area contributed by atoms with E-state index in [4.69, 9.17) is 5.26 Å². The lowest BCUT2D eigenvalue weighted by atomic mass is 10.1. The number of amides is 1. The highest BCUT2D eigenvalue weighted by Crippen LogP contribution is 2.29. The van der Waals surface area contributed by atoms with Crippen LogP contribution in [0.3, 0.4) is 0 Å². The maximum absolute atomic E-state index is 12.3. The van der Waals surface area contributed by atoms with Crippen LogP contribution in [-0.4, -0.2) is 15.3 Å². The summed E-state index contributed by atoms with van der Waals surface area (Å²) in [4.78, 5) is 18.5. The fourth-order valence-electron chi connectivity index (χ4n) is 2.65. The van der Waals surface area contributed by atoms with Crippen molar-refractivity contribution in [1.82, 2.24) is 14.7 Å². The molecule has 1 N–H and O–H groups in total. The Bertz CT molecular complexity index is 1090. The molecule has 0 aliphatic heterocycles. The first-order chi connectivity index (χ1) is 12.7. The second kappa shape index (κ2) is 6.82. The summed E-state index contributed by atoms with van der Waals surface area (Å²) in [6, 6.07) is 19.3. The molecular weight excluding hydrogens is 344 g/mol. The molecule has 2 heterocycles. The zero-order chi connectivity index (χ0) is 17.9. The van der Waals surface area contributed by atoms with Gasteiger partial charge in [-0.25, -0.2) is 4.98 Å². The van der Waals surface area contributed by atoms with E-state index in [-0.39, 0.29) is 5.91 Å². The van der Waals surface area contributed by atoms with E-state index >= 15 is 0 Å². The first-order valence-corrected chi connectivity index (χ1v) is 8.86. The summed E-state index contributed by atoms with van der Waals surface area (Å²) in [6.07, 6.45) is 3.65. The van der Waals surface area contributed by atoms with Crippen LogP contribution in [0.1, 0.15) is 21.6 Å². The van der Waals surface area contributed by atoms with Crippen molar-refractivity contribution < 1.29 is 4.79 Å². The summed E-state index contributed by atoms with van der Waals surface area (Å²) in [5.74, 6) is -0.196. The van der Waals surface area contributed by atoms with Crippen molar-refractivity contribution in [3.63, 3.8) is 0 Å². The van der Waals surface area contributed by atoms with Crippen LogP contribution in [0.25, 0.3) is 15.4 Å². The molecule has 126 valence electrons. The number of imidazole rings is 1. The lowest BCUT2D eigenvalue weighted by Crippen LogP contribution is -2.23. The van der Waals surface area contributed by atoms with Crippen molar-refractivity contribution in [3.05, 3.63) is 83.8 Å². The molecule has 0 unspecified atom stereocenters. The third kappa shape index (κ3) is 3.21. The van der Waals surface area contributed by atoms with E-state index in [2.05, 4.69) is 16.4 Å². The molecule has 0 atom stereocenters. The summed E-state index contributed by atoms with van der Waals surface area (Å²) in [5, 5.41) is 11.9. The van der Waals surface area contributed by atoms with Gasteiger partial charge in [0.15, 0.2) is 4.96 Å². The number of fused-ring (bicyclic) bond motifs is 1. The van der Waals surface area contributed by atoms with E-state index in [1.165, 1.54) is 11.3 Å². The van der Waals surface area contributed by atoms with Crippen LogP contribution in [-0.2, 0) is 6.54 Å². The first-order valence-electron chi connectivity index (χ1n) is 8.04. The van der Waals surface area contributed by atoms with Crippen LogP contribution in [0, 0.1) is 11.3 Å². The second-order valence-electron chi connectivity index (χ2n) is 5.77. The minimum absolute atomic E-state index is 0.196. The average molecular weight is 358 g/mol. The van der Waals surface area contributed by atoms with E-state index in [1.54, 1.807) is 12.3 Å². The number of benzene rings is 2. The Hall–Kier alpha value is -3.43. The van der Waals surface area contributed by atoms with Crippen LogP contribution >= 0.6 is 11.3 Å². The summed E-state index contributed by atoms with van der Waals surface area (Å²) in [6.45, 7) is 0.469. The predicted octanol–water partition coefficient (Wildman–Crippen LogP) is 3.86. The first kappa shape index (κ1) is 16.1. The van der Waals surface area contributed by atoms with Crippen molar-refractivity contribution in [2.24, 2.45) is 0 Å². The SMILES string of the molecule is N#Cc1cccc(-c2cn3cc(C(=O)NCc4ccccc4)nc3s2)c1. The van der Waals surface area contributed by atoms with Gasteiger partial charge in [-0.05, 0) is 23.3 Å². The Kier molecular flexibility index (Phi) is 4.22. The quantitative estimate of drug-likeness (QED) is 0.602. The fourth-order valence-corrected chi connectivity index (χ4v) is 3.61. The summed E-state index contributed by atoms with van der Waals surface area (Å²) in [5.41, 5.74) is 3.02. The lowest BCUT2D eigenvalue weighted by molar-refractivity contribution is 0.0946. The van der Waals surface area contributed by atoms with Gasteiger partial charge in [-0.2, -0.15) is 5.26 Å². The molecule has 1 amide bonds. The summed E-state index contributed by atoms with van der Waals surface area (Å²) < 4.78 is 1.84. The molecule has 0 bridgehead atoms. The highest BCUT2D eigenvalue weighted by Gasteiger charge is 2.13. The average Bonchev–Trinajstić information content (AvgIpc) is 3.26. The molecule has 4 aromatic rings. The topological polar surface area (TPSA) is 70.2 Å². The van der Waals surface area contributed by atoms with Gasteiger partial charge >= 0.3 is 0 Å². The Morgan fingerprint density at radius 1 is 1.15 bits per heavy atom. The molecule has 0 saturated carbocycles. The number of hydrogen-bond donors (Lipinski definition) is 1. The number of rotatable bonds is 4. The Balaban J connectivity index is 1.52. The molecule has 26 heavy (non-hydrogen) atoms. The van der Waals surface area contributed by atoms with Gasteiger partial charge in [0.25, 0.3) is 5.91 Å². The van der Waals surface area contributed by atoms with Gasteiger partial charge in [0.2, 0.25) is 0 Å². The van der Waals surface area contributed by atoms with Gasteiger partial charge in [-0.1, -0.05) is 53.8 Å². The smallest absolute Gasteiger partial charge is 0.271 e. The number of hydrogen-bond acceptors (Lipinski definition) is 4. The van der Waals surface area contributed by atoms with Gasteiger partial charge in [-0.3, -0.25) is 9.20 Å². The van der Waals surface area contributed by atoms with Crippen LogP contribution in [0.4, 0.5) is 0 Å². The molecule has 0 radical (unpaired) electrons. The third-order valence-electron chi connectivity index (χ3n) is 3.96. The maximum Gasteiger partial charge on any atom is 0.271 e. The molecule has 0 saturated heterocycles. The standard InChI is InChI=1S/C20H14N4OS/c21-10-15-7-4-8-16(9-15)18-13-24-12-17(23-20(24)26-18)19(25)22-11-14-5-2-1-3-6-14/h1-9,12-13H,11H2,(H,22,25). The molecular formula is C20H14N4OS. The molecule has 2 aromatic heterocycles. The number of nitrogens with one attached hydrogen (secondary N) is 1. The van der Waals surface area contributed by atoms with E-state index in [9.17, 15) is 4.79 Å². The van der Waals surface area contributed by atoms with Crippen molar-refractivity contribution in [2.45, 2.75) is 6.54 Å². The molecule has 6 heteroatoms. The van der Waals surface area contributed by atoms with E-state index in [0.29, 0.717) is 17.8 Å². The number of thiazole rings is 1. The van der Waals surface area contributed by atoms with Gasteiger partial charge in [-0.15, -0.1) is 0 Å². The largest absolute Gasteiger partial charge is 0.347 e. The number of carbonyl (C=O) groups is 1. The lowest BCUT2D eigenvalue weighted by Gasteiger charge is -2.02. The monoisotopic (exact) mass is 358 g/mol. The normalized spacial score (nSPS) is 10.6. The molecule has 0 spiro atoms. The molecule has 0 fully saturated rings. The Labute approximate surface area is 154 Å². The molecule has 0 aliphatic rings. The molecule has 0 aliphatic carbocycles. The number of aromatic nitrogens is 2. The molecule has 2 aromatic carbocycles. The van der Waals surface area contributed by atoms with Crippen LogP contribution < -0.4 is 5.32 Å². The number of carbonyl (C=O) groups excluding carboxylic acids is 1. The van der Waals surface area contributed by atoms with Gasteiger partial charge in [0.05, 0.1) is 16.5 Å². The van der Waals surface area contributed by atoms with Crippen molar-refractivity contribution in [3.8, 4) is 16.5 Å². The van der Waals surface area contributed by atoms with Crippen molar-refractivity contribution in [2.75, 3.05) is 0 Å². The summed E-state index contributed by atoms with van der Waals surface area (Å²) in [7, 11) is 0. The minimum Gasteiger partial charge on any atom is -0.347 e. The Morgan fingerprint density at radius 2 is 2.00 bits per heavy atom. The second-order valence-corrected chi connectivity index (χ2v) is 6.78. The number of nitriles is 1.